The van der Waals surface area contributed by atoms with E-state index in [-0.39, 0.29) is 6.07 Å². The summed E-state index contributed by atoms with van der Waals surface area (Å²) in [5.74, 6) is -4.62. The van der Waals surface area contributed by atoms with Crippen LogP contribution in [0.25, 0.3) is 0 Å². The number of hydrogen-bond donors (Lipinski definition) is 2. The summed E-state index contributed by atoms with van der Waals surface area (Å²) in [6, 6.07) is 0.629. The molecule has 20 heavy (non-hydrogen) atoms. The van der Waals surface area contributed by atoms with Gasteiger partial charge in [-0.15, -0.1) is 0 Å². The van der Waals surface area contributed by atoms with E-state index < -0.39 is 56.0 Å². The normalized spacial score (nSPS) is 11.2. The Morgan fingerprint density at radius 3 is 2.40 bits per heavy atom. The number of benzene rings is 1. The molecule has 110 valence electrons. The van der Waals surface area contributed by atoms with E-state index in [4.69, 9.17) is 0 Å². The molecule has 0 bridgehead atoms. The summed E-state index contributed by atoms with van der Waals surface area (Å²) in [5.41, 5.74) is -1.65. The molecule has 1 aromatic carbocycles. The van der Waals surface area contributed by atoms with Gasteiger partial charge >= 0.3 is 0 Å². The maximum atomic E-state index is 13.0. The molecule has 0 saturated heterocycles. The fourth-order valence-corrected chi connectivity index (χ4v) is 1.66. The van der Waals surface area contributed by atoms with Crippen LogP contribution in [0, 0.1) is 21.7 Å². The van der Waals surface area contributed by atoms with Crippen molar-refractivity contribution in [2.75, 3.05) is 12.3 Å². The monoisotopic (exact) mass is 309 g/mol. The second kappa shape index (κ2) is 5.88. The fraction of sp³-hybridized carbons (Fsp3) is 0.222. The Labute approximate surface area is 111 Å². The predicted molar refractivity (Wildman–Crippen MR) is 63.3 cm³/mol. The van der Waals surface area contributed by atoms with Gasteiger partial charge in [0.2, 0.25) is 10.0 Å². The number of amides is 1. The highest BCUT2D eigenvalue weighted by Gasteiger charge is 2.23. The number of halogens is 2. The zero-order valence-corrected chi connectivity index (χ0v) is 10.6. The highest BCUT2D eigenvalue weighted by molar-refractivity contribution is 7.89. The van der Waals surface area contributed by atoms with Crippen molar-refractivity contribution < 1.29 is 26.9 Å². The second-order valence-electron chi connectivity index (χ2n) is 3.66. The number of rotatable bonds is 5. The Kier molecular flexibility index (Phi) is 4.68. The van der Waals surface area contributed by atoms with Gasteiger partial charge in [-0.3, -0.25) is 14.9 Å². The molecule has 0 aliphatic heterocycles. The van der Waals surface area contributed by atoms with Crippen LogP contribution >= 0.6 is 0 Å². The summed E-state index contributed by atoms with van der Waals surface area (Å²) in [6.45, 7) is -0.423. The minimum atomic E-state index is -3.83. The number of carbonyl (C=O) groups is 1. The van der Waals surface area contributed by atoms with E-state index in [9.17, 15) is 32.1 Å². The zero-order chi connectivity index (χ0) is 15.5. The smallest absolute Gasteiger partial charge is 0.285 e. The minimum Gasteiger partial charge on any atom is -0.351 e. The van der Waals surface area contributed by atoms with Crippen LogP contribution in [-0.4, -0.2) is 31.5 Å². The van der Waals surface area contributed by atoms with Crippen LogP contribution in [0.15, 0.2) is 12.1 Å². The maximum Gasteiger partial charge on any atom is 0.285 e. The molecule has 8 nitrogen and oxygen atoms in total. The van der Waals surface area contributed by atoms with E-state index in [1.807, 2.05) is 5.32 Å². The molecule has 0 heterocycles. The van der Waals surface area contributed by atoms with E-state index in [2.05, 4.69) is 5.14 Å². The maximum absolute atomic E-state index is 13.0. The van der Waals surface area contributed by atoms with Gasteiger partial charge in [0, 0.05) is 6.54 Å². The molecular formula is C9H9F2N3O5S. The number of carbonyl (C=O) groups excluding carboxylic acids is 1. The van der Waals surface area contributed by atoms with Crippen LogP contribution in [0.2, 0.25) is 0 Å². The Morgan fingerprint density at radius 1 is 1.35 bits per heavy atom. The number of sulfonamides is 1. The minimum absolute atomic E-state index is 0.268. The largest absolute Gasteiger partial charge is 0.351 e. The molecule has 0 aliphatic carbocycles. The predicted octanol–water partition coefficient (Wildman–Crippen LogP) is -0.109. The molecule has 3 N–H and O–H groups in total. The molecule has 0 unspecified atom stereocenters. The lowest BCUT2D eigenvalue weighted by molar-refractivity contribution is -0.385. The fourth-order valence-electron chi connectivity index (χ4n) is 1.27. The molecule has 0 aliphatic rings. The van der Waals surface area contributed by atoms with Gasteiger partial charge in [-0.25, -0.2) is 22.3 Å². The van der Waals surface area contributed by atoms with Gasteiger partial charge in [0.25, 0.3) is 11.6 Å². The topological polar surface area (TPSA) is 132 Å². The van der Waals surface area contributed by atoms with Crippen LogP contribution in [-0.2, 0) is 10.0 Å². The molecule has 0 aromatic heterocycles. The Morgan fingerprint density at radius 2 is 1.90 bits per heavy atom. The second-order valence-corrected chi connectivity index (χ2v) is 5.40. The van der Waals surface area contributed by atoms with Gasteiger partial charge in [-0.05, 0) is 6.07 Å². The SMILES string of the molecule is NS(=O)(=O)CCNC(=O)c1cc(F)c(F)cc1[N+](=O)[O-]. The quantitative estimate of drug-likeness (QED) is 0.578. The number of nitrogens with one attached hydrogen (secondary N) is 1. The lowest BCUT2D eigenvalue weighted by Gasteiger charge is -2.05. The Balaban J connectivity index is 2.98. The molecule has 0 atom stereocenters. The number of hydrogen-bond acceptors (Lipinski definition) is 5. The van der Waals surface area contributed by atoms with Crippen molar-refractivity contribution in [1.29, 1.82) is 0 Å². The van der Waals surface area contributed by atoms with Gasteiger partial charge in [-0.2, -0.15) is 0 Å². The molecule has 0 fully saturated rings. The first kappa shape index (κ1) is 15.9. The highest BCUT2D eigenvalue weighted by atomic mass is 32.2. The standard InChI is InChI=1S/C9H9F2N3O5S/c10-6-3-5(8(14(16)17)4-7(6)11)9(15)13-1-2-20(12,18)19/h3-4H,1-2H2,(H,13,15)(H2,12,18,19). The van der Waals surface area contributed by atoms with Crippen molar-refractivity contribution in [1.82, 2.24) is 5.32 Å². The van der Waals surface area contributed by atoms with Crippen molar-refractivity contribution in [3.05, 3.63) is 39.4 Å². The summed E-state index contributed by atoms with van der Waals surface area (Å²) in [7, 11) is -3.83. The van der Waals surface area contributed by atoms with Crippen LogP contribution in [0.4, 0.5) is 14.5 Å². The molecule has 1 amide bonds. The number of nitrogens with zero attached hydrogens (tertiary/aromatic N) is 1. The Hall–Kier alpha value is -2.14. The first-order valence-electron chi connectivity index (χ1n) is 5.04. The molecule has 0 spiro atoms. The van der Waals surface area contributed by atoms with E-state index in [0.29, 0.717) is 6.07 Å². The van der Waals surface area contributed by atoms with Gasteiger partial charge < -0.3 is 5.32 Å². The summed E-state index contributed by atoms with van der Waals surface area (Å²) < 4.78 is 47.1. The van der Waals surface area contributed by atoms with Gasteiger partial charge in [0.05, 0.1) is 16.7 Å². The van der Waals surface area contributed by atoms with E-state index in [1.165, 1.54) is 0 Å². The summed E-state index contributed by atoms with van der Waals surface area (Å²) in [5, 5.41) is 17.3. The molecule has 0 radical (unpaired) electrons. The Bertz CT molecular complexity index is 662. The van der Waals surface area contributed by atoms with Gasteiger partial charge in [0.15, 0.2) is 11.6 Å². The van der Waals surface area contributed by atoms with Crippen molar-refractivity contribution in [3.8, 4) is 0 Å². The van der Waals surface area contributed by atoms with Crippen LogP contribution in [0.1, 0.15) is 10.4 Å². The van der Waals surface area contributed by atoms with Crippen molar-refractivity contribution in [2.24, 2.45) is 5.14 Å². The third-order valence-corrected chi connectivity index (χ3v) is 2.93. The van der Waals surface area contributed by atoms with Gasteiger partial charge in [-0.1, -0.05) is 0 Å². The van der Waals surface area contributed by atoms with E-state index in [1.54, 1.807) is 0 Å². The average Bonchev–Trinajstić information content (AvgIpc) is 2.29. The summed E-state index contributed by atoms with van der Waals surface area (Å²) >= 11 is 0. The highest BCUT2D eigenvalue weighted by Crippen LogP contribution is 2.22. The summed E-state index contributed by atoms with van der Waals surface area (Å²) in [4.78, 5) is 21.2. The number of nitro benzene ring substituents is 1. The molecular weight excluding hydrogens is 300 g/mol. The van der Waals surface area contributed by atoms with Crippen molar-refractivity contribution in [2.45, 2.75) is 0 Å². The molecule has 1 rings (SSSR count). The summed E-state index contributed by atoms with van der Waals surface area (Å²) in [6.07, 6.45) is 0. The van der Waals surface area contributed by atoms with Crippen LogP contribution in [0.3, 0.4) is 0 Å². The zero-order valence-electron chi connectivity index (χ0n) is 9.80. The van der Waals surface area contributed by atoms with Crippen LogP contribution in [0.5, 0.6) is 0 Å². The lowest BCUT2D eigenvalue weighted by Crippen LogP contribution is -2.31. The molecule has 1 aromatic rings. The van der Waals surface area contributed by atoms with E-state index >= 15 is 0 Å². The number of nitrogens with two attached hydrogens (primary N) is 1. The molecule has 11 heteroatoms. The van der Waals surface area contributed by atoms with Gasteiger partial charge in [0.1, 0.15) is 5.56 Å². The third-order valence-electron chi connectivity index (χ3n) is 2.15. The van der Waals surface area contributed by atoms with Crippen molar-refractivity contribution in [3.63, 3.8) is 0 Å². The first-order valence-corrected chi connectivity index (χ1v) is 6.75. The lowest BCUT2D eigenvalue weighted by atomic mass is 10.1. The molecule has 0 saturated carbocycles. The number of primary sulfonamides is 1. The van der Waals surface area contributed by atoms with E-state index in [0.717, 1.165) is 0 Å². The van der Waals surface area contributed by atoms with Crippen LogP contribution < -0.4 is 10.5 Å². The number of nitro groups is 1. The third kappa shape index (κ3) is 4.20. The first-order chi connectivity index (χ1) is 9.11. The van der Waals surface area contributed by atoms with Crippen molar-refractivity contribution >= 4 is 21.6 Å². The average molecular weight is 309 g/mol.